The Labute approximate surface area is 128 Å². The first kappa shape index (κ1) is 13.3. The fourth-order valence-corrected chi connectivity index (χ4v) is 4.15. The van der Waals surface area contributed by atoms with E-state index in [1.807, 2.05) is 11.8 Å². The highest BCUT2D eigenvalue weighted by Crippen LogP contribution is 2.47. The largest absolute Gasteiger partial charge is 0.338 e. The van der Waals surface area contributed by atoms with Gasteiger partial charge in [-0.25, -0.2) is 0 Å². The van der Waals surface area contributed by atoms with Crippen molar-refractivity contribution in [3.05, 3.63) is 47.6 Å². The molecule has 1 unspecified atom stereocenters. The van der Waals surface area contributed by atoms with Crippen molar-refractivity contribution < 1.29 is 4.52 Å². The van der Waals surface area contributed by atoms with E-state index in [2.05, 4.69) is 40.8 Å². The Hall–Kier alpha value is -1.33. The molecule has 1 aliphatic heterocycles. The van der Waals surface area contributed by atoms with E-state index >= 15 is 0 Å². The smallest absolute Gasteiger partial charge is 0.244 e. The standard InChI is InChI=1S/C16H19N3OS/c1-2-5-12(6-3-1)16(7-4-8-16)15-18-14(20-19-15)13-11-21-10-9-17-13/h1-3,5-6,13,17H,4,7-11H2. The van der Waals surface area contributed by atoms with Gasteiger partial charge in [-0.3, -0.25) is 0 Å². The van der Waals surface area contributed by atoms with Gasteiger partial charge in [0, 0.05) is 18.1 Å². The molecule has 21 heavy (non-hydrogen) atoms. The van der Waals surface area contributed by atoms with Crippen LogP contribution in [0.2, 0.25) is 0 Å². The summed E-state index contributed by atoms with van der Waals surface area (Å²) in [6.07, 6.45) is 3.46. The van der Waals surface area contributed by atoms with E-state index in [9.17, 15) is 0 Å². The Morgan fingerprint density at radius 2 is 2.10 bits per heavy atom. The summed E-state index contributed by atoms with van der Waals surface area (Å²) in [5.74, 6) is 3.79. The van der Waals surface area contributed by atoms with Gasteiger partial charge < -0.3 is 9.84 Å². The lowest BCUT2D eigenvalue weighted by Crippen LogP contribution is -2.37. The lowest BCUT2D eigenvalue weighted by atomic mass is 9.64. The summed E-state index contributed by atoms with van der Waals surface area (Å²) < 4.78 is 5.57. The topological polar surface area (TPSA) is 51.0 Å². The summed E-state index contributed by atoms with van der Waals surface area (Å²) >= 11 is 1.94. The minimum Gasteiger partial charge on any atom is -0.338 e. The normalized spacial score (nSPS) is 24.5. The van der Waals surface area contributed by atoms with Crippen molar-refractivity contribution in [1.29, 1.82) is 0 Å². The summed E-state index contributed by atoms with van der Waals surface area (Å²) in [6.45, 7) is 1.01. The van der Waals surface area contributed by atoms with Crippen LogP contribution in [-0.4, -0.2) is 28.2 Å². The van der Waals surface area contributed by atoms with Crippen LogP contribution in [0.5, 0.6) is 0 Å². The molecular weight excluding hydrogens is 282 g/mol. The van der Waals surface area contributed by atoms with Crippen molar-refractivity contribution in [3.8, 4) is 0 Å². The quantitative estimate of drug-likeness (QED) is 0.944. The molecule has 1 atom stereocenters. The molecule has 0 amide bonds. The van der Waals surface area contributed by atoms with Crippen molar-refractivity contribution in [2.24, 2.45) is 0 Å². The highest BCUT2D eigenvalue weighted by molar-refractivity contribution is 7.99. The van der Waals surface area contributed by atoms with Gasteiger partial charge in [0.1, 0.15) is 0 Å². The molecule has 4 nitrogen and oxygen atoms in total. The van der Waals surface area contributed by atoms with Gasteiger partial charge in [-0.1, -0.05) is 41.9 Å². The number of nitrogens with one attached hydrogen (secondary N) is 1. The number of aromatic nitrogens is 2. The molecule has 2 fully saturated rings. The Balaban J connectivity index is 1.64. The number of nitrogens with zero attached hydrogens (tertiary/aromatic N) is 2. The average molecular weight is 301 g/mol. The van der Waals surface area contributed by atoms with Crippen LogP contribution in [0.4, 0.5) is 0 Å². The summed E-state index contributed by atoms with van der Waals surface area (Å²) in [4.78, 5) is 4.75. The minimum absolute atomic E-state index is 0.0230. The monoisotopic (exact) mass is 301 g/mol. The fourth-order valence-electron chi connectivity index (χ4n) is 3.22. The number of thioether (sulfide) groups is 1. The van der Waals surface area contributed by atoms with E-state index in [4.69, 9.17) is 9.51 Å². The first-order valence-corrected chi connectivity index (χ1v) is 8.75. The van der Waals surface area contributed by atoms with Gasteiger partial charge in [-0.15, -0.1) is 0 Å². The fraction of sp³-hybridized carbons (Fsp3) is 0.500. The maximum Gasteiger partial charge on any atom is 0.244 e. The maximum absolute atomic E-state index is 5.57. The Kier molecular flexibility index (Phi) is 3.47. The summed E-state index contributed by atoms with van der Waals surface area (Å²) in [5, 5.41) is 7.79. The number of hydrogen-bond acceptors (Lipinski definition) is 5. The van der Waals surface area contributed by atoms with Crippen LogP contribution in [0.1, 0.15) is 42.6 Å². The van der Waals surface area contributed by atoms with Gasteiger partial charge in [0.15, 0.2) is 5.82 Å². The van der Waals surface area contributed by atoms with Crippen LogP contribution in [-0.2, 0) is 5.41 Å². The Morgan fingerprint density at radius 3 is 2.76 bits per heavy atom. The van der Waals surface area contributed by atoms with E-state index in [0.29, 0.717) is 0 Å². The summed E-state index contributed by atoms with van der Waals surface area (Å²) in [7, 11) is 0. The molecular formula is C16H19N3OS. The summed E-state index contributed by atoms with van der Waals surface area (Å²) in [6, 6.07) is 10.8. The van der Waals surface area contributed by atoms with Crippen LogP contribution in [0.3, 0.4) is 0 Å². The molecule has 4 rings (SSSR count). The van der Waals surface area contributed by atoms with Crippen LogP contribution < -0.4 is 5.32 Å². The van der Waals surface area contributed by atoms with Gasteiger partial charge in [-0.2, -0.15) is 16.7 Å². The molecule has 1 aliphatic carbocycles. The predicted molar refractivity (Wildman–Crippen MR) is 83.4 cm³/mol. The Bertz CT molecular complexity index is 603. The van der Waals surface area contributed by atoms with Crippen LogP contribution in [0, 0.1) is 0 Å². The first-order valence-electron chi connectivity index (χ1n) is 7.59. The van der Waals surface area contributed by atoms with Crippen molar-refractivity contribution in [2.45, 2.75) is 30.7 Å². The molecule has 0 bridgehead atoms. The van der Waals surface area contributed by atoms with Crippen molar-refractivity contribution in [2.75, 3.05) is 18.1 Å². The SMILES string of the molecule is c1ccc(C2(c3noc(C4CSCCN4)n3)CCC2)cc1. The molecule has 1 N–H and O–H groups in total. The minimum atomic E-state index is -0.0230. The lowest BCUT2D eigenvalue weighted by molar-refractivity contribution is 0.269. The van der Waals surface area contributed by atoms with Crippen molar-refractivity contribution >= 4 is 11.8 Å². The lowest BCUT2D eigenvalue weighted by Gasteiger charge is -2.39. The van der Waals surface area contributed by atoms with E-state index in [0.717, 1.165) is 42.6 Å². The average Bonchev–Trinajstić information content (AvgIpc) is 2.98. The van der Waals surface area contributed by atoms with Crippen LogP contribution in [0.25, 0.3) is 0 Å². The molecule has 2 heterocycles. The van der Waals surface area contributed by atoms with E-state index in [1.54, 1.807) is 0 Å². The maximum atomic E-state index is 5.57. The second-order valence-electron chi connectivity index (χ2n) is 5.84. The molecule has 1 aromatic heterocycles. The third-order valence-corrected chi connectivity index (χ3v) is 5.68. The highest BCUT2D eigenvalue weighted by atomic mass is 32.2. The third-order valence-electron chi connectivity index (χ3n) is 4.62. The molecule has 1 saturated carbocycles. The van der Waals surface area contributed by atoms with Crippen LogP contribution >= 0.6 is 11.8 Å². The number of rotatable bonds is 3. The zero-order chi connectivity index (χ0) is 14.1. The molecule has 5 heteroatoms. The van der Waals surface area contributed by atoms with Gasteiger partial charge >= 0.3 is 0 Å². The van der Waals surface area contributed by atoms with Gasteiger partial charge in [0.2, 0.25) is 5.89 Å². The number of hydrogen-bond donors (Lipinski definition) is 1. The van der Waals surface area contributed by atoms with E-state index < -0.39 is 0 Å². The molecule has 1 saturated heterocycles. The van der Waals surface area contributed by atoms with Gasteiger partial charge in [-0.05, 0) is 18.4 Å². The second kappa shape index (κ2) is 5.46. The molecule has 2 aliphatic rings. The van der Waals surface area contributed by atoms with Crippen molar-refractivity contribution in [3.63, 3.8) is 0 Å². The van der Waals surface area contributed by atoms with Gasteiger partial charge in [0.25, 0.3) is 0 Å². The highest BCUT2D eigenvalue weighted by Gasteiger charge is 2.44. The van der Waals surface area contributed by atoms with Crippen LogP contribution in [0.15, 0.2) is 34.9 Å². The van der Waals surface area contributed by atoms with E-state index in [-0.39, 0.29) is 11.5 Å². The van der Waals surface area contributed by atoms with Gasteiger partial charge in [0.05, 0.1) is 11.5 Å². The molecule has 2 aromatic rings. The molecule has 110 valence electrons. The second-order valence-corrected chi connectivity index (χ2v) is 6.99. The Morgan fingerprint density at radius 1 is 1.24 bits per heavy atom. The third kappa shape index (κ3) is 2.28. The zero-order valence-corrected chi connectivity index (χ0v) is 12.7. The predicted octanol–water partition coefficient (Wildman–Crippen LogP) is 2.92. The molecule has 0 spiro atoms. The van der Waals surface area contributed by atoms with E-state index in [1.165, 1.54) is 12.0 Å². The number of benzene rings is 1. The van der Waals surface area contributed by atoms with Crippen molar-refractivity contribution in [1.82, 2.24) is 15.5 Å². The zero-order valence-electron chi connectivity index (χ0n) is 11.9. The molecule has 0 radical (unpaired) electrons. The molecule has 1 aromatic carbocycles. The summed E-state index contributed by atoms with van der Waals surface area (Å²) in [5.41, 5.74) is 1.29. The first-order chi connectivity index (χ1) is 10.4.